The van der Waals surface area contributed by atoms with Crippen LogP contribution in [0.25, 0.3) is 58.8 Å². The molecule has 260 valence electrons. The molecule has 0 N–H and O–H groups in total. The third-order valence-electron chi connectivity index (χ3n) is 9.30. The van der Waals surface area contributed by atoms with Crippen LogP contribution in [0.15, 0.2) is 164 Å². The van der Waals surface area contributed by atoms with Gasteiger partial charge in [0.25, 0.3) is 0 Å². The van der Waals surface area contributed by atoms with Gasteiger partial charge < -0.3 is 13.7 Å². The lowest BCUT2D eigenvalue weighted by Gasteiger charge is -2.26. The fraction of sp³-hybridized carbons (Fsp3) is 0.0233. The van der Waals surface area contributed by atoms with E-state index < -0.39 is 21.4 Å². The van der Waals surface area contributed by atoms with E-state index in [0.717, 1.165) is 64.8 Å². The van der Waals surface area contributed by atoms with Gasteiger partial charge in [-0.05, 0) is 83.9 Å². The second-order valence-corrected chi connectivity index (χ2v) is 15.1. The number of fused-ring (bicyclic) bond motifs is 6. The summed E-state index contributed by atoms with van der Waals surface area (Å²) >= 11 is 1.48. The van der Waals surface area contributed by atoms with Crippen molar-refractivity contribution in [2.24, 2.45) is 0 Å². The number of thiophene rings is 1. The number of hydrogen-bond acceptors (Lipinski definition) is 5. The standard InChI is InChI=1S/C43H27F3N2O3S2/c44-43(45,46)53(49,50)51-33-26-37-36-25-29(28-20-22-39-35(24-28)34-18-10-11-19-38(34)48(39)32-16-8-3-9-17-32)21-23-41(36)52-42(37)40(27-33)47(30-12-4-1-5-13-30)31-14-6-2-7-15-31/h1-27H. The minimum atomic E-state index is -5.95. The van der Waals surface area contributed by atoms with Gasteiger partial charge in [-0.15, -0.1) is 11.3 Å². The summed E-state index contributed by atoms with van der Waals surface area (Å²) in [6.45, 7) is 0. The highest BCUT2D eigenvalue weighted by Crippen LogP contribution is 2.48. The van der Waals surface area contributed by atoms with Crippen molar-refractivity contribution in [3.05, 3.63) is 164 Å². The molecule has 2 heterocycles. The molecule has 2 aromatic heterocycles. The van der Waals surface area contributed by atoms with Gasteiger partial charge in [0.15, 0.2) is 0 Å². The van der Waals surface area contributed by atoms with E-state index in [-0.39, 0.29) is 0 Å². The van der Waals surface area contributed by atoms with Gasteiger partial charge in [0.1, 0.15) is 5.75 Å². The van der Waals surface area contributed by atoms with Gasteiger partial charge in [-0.2, -0.15) is 21.6 Å². The molecule has 9 rings (SSSR count). The average Bonchev–Trinajstić information content (AvgIpc) is 3.71. The highest BCUT2D eigenvalue weighted by atomic mass is 32.2. The Kier molecular flexibility index (Phi) is 7.76. The van der Waals surface area contributed by atoms with E-state index in [9.17, 15) is 21.6 Å². The number of hydrogen-bond donors (Lipinski definition) is 0. The van der Waals surface area contributed by atoms with E-state index in [2.05, 4.69) is 47.0 Å². The van der Waals surface area contributed by atoms with Crippen LogP contribution in [-0.4, -0.2) is 18.5 Å². The first-order valence-electron chi connectivity index (χ1n) is 16.7. The van der Waals surface area contributed by atoms with Crippen LogP contribution in [0.2, 0.25) is 0 Å². The predicted molar refractivity (Wildman–Crippen MR) is 209 cm³/mol. The molecule has 0 unspecified atom stereocenters. The Bertz CT molecular complexity index is 2890. The Morgan fingerprint density at radius 3 is 1.79 bits per heavy atom. The number of alkyl halides is 3. The molecule has 53 heavy (non-hydrogen) atoms. The normalized spacial score (nSPS) is 12.2. The van der Waals surface area contributed by atoms with Crippen molar-refractivity contribution < 1.29 is 25.8 Å². The van der Waals surface area contributed by atoms with E-state index in [1.165, 1.54) is 23.5 Å². The molecule has 10 heteroatoms. The van der Waals surface area contributed by atoms with E-state index in [1.807, 2.05) is 114 Å². The van der Waals surface area contributed by atoms with Crippen LogP contribution in [0.4, 0.5) is 30.2 Å². The molecule has 0 bridgehead atoms. The Balaban J connectivity index is 1.26. The Labute approximate surface area is 306 Å². The van der Waals surface area contributed by atoms with Crippen molar-refractivity contribution in [3.8, 4) is 22.6 Å². The molecular formula is C43H27F3N2O3S2. The van der Waals surface area contributed by atoms with Crippen LogP contribution in [0, 0.1) is 0 Å². The molecule has 0 saturated carbocycles. The van der Waals surface area contributed by atoms with Crippen LogP contribution in [0.3, 0.4) is 0 Å². The summed E-state index contributed by atoms with van der Waals surface area (Å²) in [6, 6.07) is 52.3. The number of halogens is 3. The monoisotopic (exact) mass is 740 g/mol. The average molecular weight is 741 g/mol. The Morgan fingerprint density at radius 2 is 1.13 bits per heavy atom. The number of rotatable bonds is 7. The molecule has 0 aliphatic carbocycles. The Hall–Kier alpha value is -6.10. The van der Waals surface area contributed by atoms with Gasteiger partial charge in [0.2, 0.25) is 0 Å². The van der Waals surface area contributed by atoms with Gasteiger partial charge >= 0.3 is 15.6 Å². The molecule has 0 aliphatic rings. The number of aromatic nitrogens is 1. The van der Waals surface area contributed by atoms with Crippen LogP contribution in [-0.2, 0) is 10.1 Å². The number of para-hydroxylation sites is 4. The van der Waals surface area contributed by atoms with Crippen molar-refractivity contribution in [1.82, 2.24) is 4.57 Å². The zero-order chi connectivity index (χ0) is 36.3. The summed E-state index contributed by atoms with van der Waals surface area (Å²) in [4.78, 5) is 1.89. The third kappa shape index (κ3) is 5.67. The van der Waals surface area contributed by atoms with Crippen LogP contribution in [0.5, 0.6) is 5.75 Å². The molecule has 9 aromatic rings. The molecule has 0 amide bonds. The second kappa shape index (κ2) is 12.5. The van der Waals surface area contributed by atoms with E-state index in [0.29, 0.717) is 11.1 Å². The molecule has 7 aromatic carbocycles. The summed E-state index contributed by atoms with van der Waals surface area (Å²) in [5.74, 6) is -0.443. The van der Waals surface area contributed by atoms with Gasteiger partial charge in [-0.25, -0.2) is 0 Å². The molecule has 0 saturated heterocycles. The molecule has 0 fully saturated rings. The lowest BCUT2D eigenvalue weighted by atomic mass is 10.0. The highest BCUT2D eigenvalue weighted by molar-refractivity contribution is 7.88. The molecule has 0 spiro atoms. The summed E-state index contributed by atoms with van der Waals surface area (Å²) in [7, 11) is -5.95. The maximum Gasteiger partial charge on any atom is 0.534 e. The Morgan fingerprint density at radius 1 is 0.566 bits per heavy atom. The van der Waals surface area contributed by atoms with Crippen molar-refractivity contribution in [1.29, 1.82) is 0 Å². The largest absolute Gasteiger partial charge is 0.534 e. The first-order chi connectivity index (χ1) is 25.7. The van der Waals surface area contributed by atoms with Crippen LogP contribution >= 0.6 is 11.3 Å². The van der Waals surface area contributed by atoms with Gasteiger partial charge in [-0.1, -0.05) is 84.9 Å². The van der Waals surface area contributed by atoms with Crippen molar-refractivity contribution in [3.63, 3.8) is 0 Å². The highest BCUT2D eigenvalue weighted by Gasteiger charge is 2.48. The fourth-order valence-electron chi connectivity index (χ4n) is 6.99. The first-order valence-corrected chi connectivity index (χ1v) is 18.9. The fourth-order valence-corrected chi connectivity index (χ4v) is 8.60. The topological polar surface area (TPSA) is 51.5 Å². The first kappa shape index (κ1) is 32.8. The summed E-state index contributed by atoms with van der Waals surface area (Å²) in [5.41, 5.74) is 1.39. The molecule has 0 atom stereocenters. The zero-order valence-electron chi connectivity index (χ0n) is 27.7. The van der Waals surface area contributed by atoms with Crippen LogP contribution < -0.4 is 9.08 Å². The lowest BCUT2D eigenvalue weighted by Crippen LogP contribution is -2.28. The number of anilines is 3. The van der Waals surface area contributed by atoms with Crippen LogP contribution in [0.1, 0.15) is 0 Å². The van der Waals surface area contributed by atoms with Crippen molar-refractivity contribution >= 4 is 80.5 Å². The summed E-state index contributed by atoms with van der Waals surface area (Å²) in [5, 5.41) is 3.50. The smallest absolute Gasteiger partial charge is 0.376 e. The third-order valence-corrected chi connectivity index (χ3v) is 11.5. The van der Waals surface area contributed by atoms with Gasteiger partial charge in [-0.3, -0.25) is 0 Å². The minimum Gasteiger partial charge on any atom is -0.376 e. The zero-order valence-corrected chi connectivity index (χ0v) is 29.3. The molecule has 0 radical (unpaired) electrons. The van der Waals surface area contributed by atoms with E-state index >= 15 is 0 Å². The maximum absolute atomic E-state index is 13.6. The molecule has 0 aliphatic heterocycles. The minimum absolute atomic E-state index is 0.443. The quantitative estimate of drug-likeness (QED) is 0.121. The van der Waals surface area contributed by atoms with Crippen molar-refractivity contribution in [2.45, 2.75) is 5.51 Å². The summed E-state index contributed by atoms with van der Waals surface area (Å²) in [6.07, 6.45) is 0. The van der Waals surface area contributed by atoms with E-state index in [1.54, 1.807) is 0 Å². The maximum atomic E-state index is 13.6. The second-order valence-electron chi connectivity index (χ2n) is 12.5. The van der Waals surface area contributed by atoms with Crippen molar-refractivity contribution in [2.75, 3.05) is 4.90 Å². The predicted octanol–water partition coefficient (Wildman–Crippen LogP) is 12.5. The van der Waals surface area contributed by atoms with E-state index in [4.69, 9.17) is 4.18 Å². The number of nitrogens with zero attached hydrogens (tertiary/aromatic N) is 2. The summed E-state index contributed by atoms with van der Waals surface area (Å²) < 4.78 is 74.3. The molecular weight excluding hydrogens is 714 g/mol. The SMILES string of the molecule is O=S(=O)(Oc1cc(N(c2ccccc2)c2ccccc2)c2sc3ccc(-c4ccc5c(c4)c4ccccc4n5-c4ccccc4)cc3c2c1)C(F)(F)F. The molecule has 5 nitrogen and oxygen atoms in total. The lowest BCUT2D eigenvalue weighted by molar-refractivity contribution is -0.0500. The van der Waals surface area contributed by atoms with Gasteiger partial charge in [0, 0.05) is 49.4 Å². The van der Waals surface area contributed by atoms with Gasteiger partial charge in [0.05, 0.1) is 21.4 Å². The number of benzene rings is 7.